The smallest absolute Gasteiger partial charge is 0.220 e. The van der Waals surface area contributed by atoms with E-state index < -0.39 is 0 Å². The van der Waals surface area contributed by atoms with Crippen LogP contribution in [0.5, 0.6) is 11.5 Å². The monoisotopic (exact) mass is 369 g/mol. The highest BCUT2D eigenvalue weighted by Crippen LogP contribution is 2.29. The van der Waals surface area contributed by atoms with Crippen LogP contribution in [0, 0.1) is 6.92 Å². The second-order valence-corrected chi connectivity index (χ2v) is 6.59. The average molecular weight is 370 g/mol. The fourth-order valence-electron chi connectivity index (χ4n) is 3.00. The number of aryl methyl sites for hydroxylation is 2. The van der Waals surface area contributed by atoms with Crippen LogP contribution in [0.2, 0.25) is 0 Å². The summed E-state index contributed by atoms with van der Waals surface area (Å²) in [6.45, 7) is 9.23. The lowest BCUT2D eigenvalue weighted by Crippen LogP contribution is -2.28. The van der Waals surface area contributed by atoms with Crippen LogP contribution < -0.4 is 14.8 Å². The maximum Gasteiger partial charge on any atom is 0.220 e. The summed E-state index contributed by atoms with van der Waals surface area (Å²) in [5.74, 6) is 1.55. The zero-order valence-corrected chi connectivity index (χ0v) is 16.9. The van der Waals surface area contributed by atoms with Gasteiger partial charge in [0, 0.05) is 6.42 Å². The van der Waals surface area contributed by atoms with Crippen LogP contribution in [0.25, 0.3) is 0 Å². The molecule has 27 heavy (non-hydrogen) atoms. The molecular formula is C23H31NO3. The summed E-state index contributed by atoms with van der Waals surface area (Å²) in [6.07, 6.45) is 1.98. The lowest BCUT2D eigenvalue weighted by atomic mass is 10.0. The SMILES string of the molecule is CCOc1ccc(CCC(=O)N[C@H](CC)c2ccc(C)cc2)cc1OCC. The summed E-state index contributed by atoms with van der Waals surface area (Å²) in [6, 6.07) is 14.3. The summed E-state index contributed by atoms with van der Waals surface area (Å²) in [5, 5.41) is 3.15. The largest absolute Gasteiger partial charge is 0.490 e. The molecule has 0 heterocycles. The van der Waals surface area contributed by atoms with Crippen molar-refractivity contribution in [2.24, 2.45) is 0 Å². The van der Waals surface area contributed by atoms with E-state index >= 15 is 0 Å². The second-order valence-electron chi connectivity index (χ2n) is 6.59. The quantitative estimate of drug-likeness (QED) is 0.642. The molecule has 1 amide bonds. The van der Waals surface area contributed by atoms with Crippen LogP contribution >= 0.6 is 0 Å². The molecule has 0 spiro atoms. The maximum atomic E-state index is 12.4. The van der Waals surface area contributed by atoms with E-state index in [4.69, 9.17) is 9.47 Å². The van der Waals surface area contributed by atoms with Gasteiger partial charge in [-0.1, -0.05) is 42.8 Å². The van der Waals surface area contributed by atoms with Crippen molar-refractivity contribution in [3.63, 3.8) is 0 Å². The highest BCUT2D eigenvalue weighted by molar-refractivity contribution is 5.76. The number of hydrogen-bond acceptors (Lipinski definition) is 3. The Morgan fingerprint density at radius 3 is 2.26 bits per heavy atom. The molecule has 0 radical (unpaired) electrons. The molecule has 0 saturated carbocycles. The topological polar surface area (TPSA) is 47.6 Å². The zero-order chi connectivity index (χ0) is 19.6. The van der Waals surface area contributed by atoms with E-state index in [2.05, 4.69) is 43.4 Å². The van der Waals surface area contributed by atoms with Crippen LogP contribution in [-0.4, -0.2) is 19.1 Å². The molecule has 0 aromatic heterocycles. The van der Waals surface area contributed by atoms with Gasteiger partial charge in [0.1, 0.15) is 0 Å². The van der Waals surface area contributed by atoms with Gasteiger partial charge >= 0.3 is 0 Å². The lowest BCUT2D eigenvalue weighted by Gasteiger charge is -2.18. The van der Waals surface area contributed by atoms with Crippen molar-refractivity contribution in [2.45, 2.75) is 53.0 Å². The van der Waals surface area contributed by atoms with Crippen molar-refractivity contribution in [1.29, 1.82) is 0 Å². The summed E-state index contributed by atoms with van der Waals surface area (Å²) in [5.41, 5.74) is 3.44. The predicted octanol–water partition coefficient (Wildman–Crippen LogP) is 4.99. The Morgan fingerprint density at radius 1 is 0.963 bits per heavy atom. The van der Waals surface area contributed by atoms with E-state index in [0.717, 1.165) is 29.0 Å². The minimum atomic E-state index is 0.0532. The van der Waals surface area contributed by atoms with Crippen molar-refractivity contribution in [3.05, 3.63) is 59.2 Å². The Hall–Kier alpha value is -2.49. The van der Waals surface area contributed by atoms with E-state index in [1.165, 1.54) is 5.56 Å². The molecule has 146 valence electrons. The van der Waals surface area contributed by atoms with Crippen LogP contribution in [0.15, 0.2) is 42.5 Å². The third-order valence-electron chi connectivity index (χ3n) is 4.47. The van der Waals surface area contributed by atoms with Crippen molar-refractivity contribution >= 4 is 5.91 Å². The summed E-state index contributed by atoms with van der Waals surface area (Å²) >= 11 is 0. The lowest BCUT2D eigenvalue weighted by molar-refractivity contribution is -0.121. The summed E-state index contributed by atoms with van der Waals surface area (Å²) < 4.78 is 11.3. The molecule has 2 aromatic rings. The van der Waals surface area contributed by atoms with Crippen LogP contribution in [0.1, 0.15) is 56.3 Å². The fraction of sp³-hybridized carbons (Fsp3) is 0.435. The second kappa shape index (κ2) is 10.6. The molecule has 1 atom stereocenters. The average Bonchev–Trinajstić information content (AvgIpc) is 2.67. The highest BCUT2D eigenvalue weighted by Gasteiger charge is 2.13. The first-order valence-electron chi connectivity index (χ1n) is 9.81. The molecule has 2 aromatic carbocycles. The number of ether oxygens (including phenoxy) is 2. The molecule has 0 aliphatic rings. The Bertz CT molecular complexity index is 725. The first-order chi connectivity index (χ1) is 13.1. The van der Waals surface area contributed by atoms with E-state index in [9.17, 15) is 4.79 Å². The summed E-state index contributed by atoms with van der Waals surface area (Å²) in [7, 11) is 0. The highest BCUT2D eigenvalue weighted by atomic mass is 16.5. The van der Waals surface area contributed by atoms with Gasteiger partial charge in [0.2, 0.25) is 5.91 Å². The van der Waals surface area contributed by atoms with Gasteiger partial charge in [-0.15, -0.1) is 0 Å². The third kappa shape index (κ3) is 6.31. The van der Waals surface area contributed by atoms with Gasteiger partial charge in [-0.25, -0.2) is 0 Å². The third-order valence-corrected chi connectivity index (χ3v) is 4.47. The van der Waals surface area contributed by atoms with E-state index in [1.807, 2.05) is 32.0 Å². The molecule has 0 saturated heterocycles. The number of carbonyl (C=O) groups is 1. The van der Waals surface area contributed by atoms with Crippen molar-refractivity contribution in [3.8, 4) is 11.5 Å². The van der Waals surface area contributed by atoms with Gasteiger partial charge in [-0.05, 0) is 56.9 Å². The standard InChI is InChI=1S/C23H31NO3/c1-5-20(19-12-8-17(4)9-13-19)24-23(25)15-11-18-10-14-21(26-6-2)22(16-18)27-7-3/h8-10,12-14,16,20H,5-7,11,15H2,1-4H3,(H,24,25)/t20-/m1/s1. The van der Waals surface area contributed by atoms with Gasteiger partial charge in [-0.2, -0.15) is 0 Å². The zero-order valence-electron chi connectivity index (χ0n) is 16.9. The molecule has 4 heteroatoms. The molecule has 0 fully saturated rings. The Labute approximate surface area is 162 Å². The van der Waals surface area contributed by atoms with Gasteiger partial charge in [0.05, 0.1) is 19.3 Å². The number of benzene rings is 2. The van der Waals surface area contributed by atoms with Crippen molar-refractivity contribution in [2.75, 3.05) is 13.2 Å². The van der Waals surface area contributed by atoms with E-state index in [-0.39, 0.29) is 11.9 Å². The Kier molecular flexibility index (Phi) is 8.18. The maximum absolute atomic E-state index is 12.4. The molecule has 0 bridgehead atoms. The molecule has 0 aliphatic heterocycles. The minimum Gasteiger partial charge on any atom is -0.490 e. The van der Waals surface area contributed by atoms with Gasteiger partial charge in [0.25, 0.3) is 0 Å². The number of hydrogen-bond donors (Lipinski definition) is 1. The van der Waals surface area contributed by atoms with Crippen LogP contribution in [0.3, 0.4) is 0 Å². The Balaban J connectivity index is 1.95. The van der Waals surface area contributed by atoms with E-state index in [1.54, 1.807) is 0 Å². The number of carbonyl (C=O) groups excluding carboxylic acids is 1. The fourth-order valence-corrected chi connectivity index (χ4v) is 3.00. The molecule has 1 N–H and O–H groups in total. The molecular weight excluding hydrogens is 338 g/mol. The molecule has 0 unspecified atom stereocenters. The summed E-state index contributed by atoms with van der Waals surface area (Å²) in [4.78, 5) is 12.4. The first-order valence-corrected chi connectivity index (χ1v) is 9.81. The van der Waals surface area contributed by atoms with Gasteiger partial charge < -0.3 is 14.8 Å². The van der Waals surface area contributed by atoms with Crippen molar-refractivity contribution < 1.29 is 14.3 Å². The van der Waals surface area contributed by atoms with E-state index in [0.29, 0.717) is 26.1 Å². The predicted molar refractivity (Wildman–Crippen MR) is 109 cm³/mol. The number of nitrogens with one attached hydrogen (secondary N) is 1. The van der Waals surface area contributed by atoms with Gasteiger partial charge in [0.15, 0.2) is 11.5 Å². The van der Waals surface area contributed by atoms with Gasteiger partial charge in [-0.3, -0.25) is 4.79 Å². The number of rotatable bonds is 10. The van der Waals surface area contributed by atoms with Crippen LogP contribution in [0.4, 0.5) is 0 Å². The molecule has 4 nitrogen and oxygen atoms in total. The first kappa shape index (κ1) is 20.8. The normalized spacial score (nSPS) is 11.7. The minimum absolute atomic E-state index is 0.0532. The number of amides is 1. The molecule has 2 rings (SSSR count). The van der Waals surface area contributed by atoms with Crippen LogP contribution in [-0.2, 0) is 11.2 Å². The van der Waals surface area contributed by atoms with Crippen molar-refractivity contribution in [1.82, 2.24) is 5.32 Å². The Morgan fingerprint density at radius 2 is 1.63 bits per heavy atom. The molecule has 0 aliphatic carbocycles.